The number of amides is 1. The zero-order valence-electron chi connectivity index (χ0n) is 19.0. The van der Waals surface area contributed by atoms with Crippen molar-refractivity contribution in [2.45, 2.75) is 78.6 Å². The number of aryl methyl sites for hydroxylation is 3. The van der Waals surface area contributed by atoms with Gasteiger partial charge in [-0.25, -0.2) is 0 Å². The smallest absolute Gasteiger partial charge is 0.231 e. The first kappa shape index (κ1) is 22.3. The maximum atomic E-state index is 11.6. The molecular weight excluding hydrogens is 370 g/mol. The molecule has 0 aromatic heterocycles. The molecule has 30 heavy (non-hydrogen) atoms. The van der Waals surface area contributed by atoms with E-state index in [1.807, 2.05) is 32.6 Å². The van der Waals surface area contributed by atoms with Crippen molar-refractivity contribution in [1.82, 2.24) is 0 Å². The Morgan fingerprint density at radius 3 is 2.13 bits per heavy atom. The van der Waals surface area contributed by atoms with Crippen molar-refractivity contribution >= 4 is 17.4 Å². The third kappa shape index (κ3) is 4.08. The Morgan fingerprint density at radius 2 is 1.40 bits per heavy atom. The molecule has 0 fully saturated rings. The lowest BCUT2D eigenvalue weighted by atomic mass is 9.83. The van der Waals surface area contributed by atoms with Gasteiger partial charge in [-0.3, -0.25) is 9.59 Å². The maximum absolute atomic E-state index is 11.6. The molecule has 1 amide bonds. The fourth-order valence-electron chi connectivity index (χ4n) is 5.13. The number of carbonyl (C=O) groups excluding carboxylic acids is 2. The molecule has 0 N–H and O–H groups in total. The van der Waals surface area contributed by atoms with Crippen LogP contribution in [-0.4, -0.2) is 18.2 Å². The quantitative estimate of drug-likeness (QED) is 0.555. The Bertz CT molecular complexity index is 906. The lowest BCUT2D eigenvalue weighted by Crippen LogP contribution is -2.31. The number of hydrogen-bond acceptors (Lipinski definition) is 2. The molecule has 0 radical (unpaired) electrons. The average Bonchev–Trinajstić information content (AvgIpc) is 3.39. The summed E-state index contributed by atoms with van der Waals surface area (Å²) >= 11 is 0. The van der Waals surface area contributed by atoms with Gasteiger partial charge in [0.1, 0.15) is 5.78 Å². The predicted molar refractivity (Wildman–Crippen MR) is 124 cm³/mol. The van der Waals surface area contributed by atoms with Crippen molar-refractivity contribution in [3.63, 3.8) is 0 Å². The SMILES string of the molecule is CC.CC.O=C1CCc2cccc3c2C1CC3.O=C1Cc2cccc3c2N1CCC3. The molecule has 6 rings (SSSR count). The topological polar surface area (TPSA) is 37.4 Å². The van der Waals surface area contributed by atoms with Gasteiger partial charge in [0.2, 0.25) is 5.91 Å². The number of carbonyl (C=O) groups is 2. The minimum Gasteiger partial charge on any atom is -0.312 e. The van der Waals surface area contributed by atoms with E-state index in [0.717, 1.165) is 45.1 Å². The number of rotatable bonds is 0. The van der Waals surface area contributed by atoms with Crippen LogP contribution < -0.4 is 4.90 Å². The number of nitrogens with zero attached hydrogens (tertiary/aromatic N) is 1. The van der Waals surface area contributed by atoms with Crippen LogP contribution in [0.1, 0.15) is 80.7 Å². The van der Waals surface area contributed by atoms with Crippen molar-refractivity contribution in [3.8, 4) is 0 Å². The van der Waals surface area contributed by atoms with Crippen LogP contribution in [0, 0.1) is 0 Å². The molecule has 4 aliphatic rings. The van der Waals surface area contributed by atoms with Crippen LogP contribution in [0.4, 0.5) is 5.69 Å². The Morgan fingerprint density at radius 1 is 0.767 bits per heavy atom. The summed E-state index contributed by atoms with van der Waals surface area (Å²) < 4.78 is 0. The molecule has 2 heterocycles. The molecule has 0 saturated heterocycles. The molecule has 0 saturated carbocycles. The summed E-state index contributed by atoms with van der Waals surface area (Å²) in [5.74, 6) is 1.01. The summed E-state index contributed by atoms with van der Waals surface area (Å²) in [5, 5.41) is 0. The van der Waals surface area contributed by atoms with Gasteiger partial charge in [-0.15, -0.1) is 0 Å². The largest absolute Gasteiger partial charge is 0.312 e. The molecule has 3 nitrogen and oxygen atoms in total. The van der Waals surface area contributed by atoms with E-state index >= 15 is 0 Å². The zero-order valence-corrected chi connectivity index (χ0v) is 19.0. The Kier molecular flexibility index (Phi) is 7.47. The van der Waals surface area contributed by atoms with Crippen molar-refractivity contribution in [3.05, 3.63) is 64.2 Å². The lowest BCUT2D eigenvalue weighted by Gasteiger charge is -2.25. The molecule has 3 heteroatoms. The second-order valence-corrected chi connectivity index (χ2v) is 7.80. The summed E-state index contributed by atoms with van der Waals surface area (Å²) in [4.78, 5) is 25.1. The number of hydrogen-bond donors (Lipinski definition) is 0. The van der Waals surface area contributed by atoms with Crippen LogP contribution in [0.2, 0.25) is 0 Å². The summed E-state index contributed by atoms with van der Waals surface area (Å²) in [6, 6.07) is 12.8. The highest BCUT2D eigenvalue weighted by molar-refractivity contribution is 6.02. The molecule has 160 valence electrons. The van der Waals surface area contributed by atoms with Crippen LogP contribution in [0.15, 0.2) is 36.4 Å². The van der Waals surface area contributed by atoms with Gasteiger partial charge in [-0.05, 0) is 59.9 Å². The second-order valence-electron chi connectivity index (χ2n) is 7.80. The van der Waals surface area contributed by atoms with E-state index in [0.29, 0.717) is 12.2 Å². The molecule has 0 bridgehead atoms. The van der Waals surface area contributed by atoms with Crippen molar-refractivity contribution < 1.29 is 9.59 Å². The number of benzene rings is 2. The fraction of sp³-hybridized carbons (Fsp3) is 0.481. The van der Waals surface area contributed by atoms with Crippen LogP contribution in [-0.2, 0) is 35.3 Å². The maximum Gasteiger partial charge on any atom is 0.231 e. The summed E-state index contributed by atoms with van der Waals surface area (Å²) in [6.45, 7) is 8.92. The number of ketones is 1. The van der Waals surface area contributed by atoms with E-state index < -0.39 is 0 Å². The van der Waals surface area contributed by atoms with Gasteiger partial charge in [0.25, 0.3) is 0 Å². The molecule has 2 aliphatic heterocycles. The molecular formula is C27H35NO2. The fourth-order valence-corrected chi connectivity index (χ4v) is 5.13. The van der Waals surface area contributed by atoms with Gasteiger partial charge in [-0.2, -0.15) is 0 Å². The molecule has 2 aliphatic carbocycles. The normalized spacial score (nSPS) is 19.3. The standard InChI is InChI=1S/C12H12O.C11H11NO.2C2H6/c13-11-7-5-9-3-1-2-8-4-6-10(11)12(8)9;13-10-7-9-4-1-3-8-5-2-6-12(10)11(8)9;2*1-2/h1-3,10H,4-7H2;1,3-4H,2,5-7H2;2*1-2H3. The zero-order chi connectivity index (χ0) is 21.7. The molecule has 2 aromatic carbocycles. The van der Waals surface area contributed by atoms with E-state index in [1.165, 1.54) is 33.5 Å². The predicted octanol–water partition coefficient (Wildman–Crippen LogP) is 5.81. The Balaban J connectivity index is 0.000000147. The van der Waals surface area contributed by atoms with Gasteiger partial charge in [0.05, 0.1) is 12.1 Å². The van der Waals surface area contributed by atoms with Gasteiger partial charge in [-0.1, -0.05) is 64.1 Å². The number of para-hydroxylation sites is 1. The van der Waals surface area contributed by atoms with E-state index in [-0.39, 0.29) is 11.8 Å². The van der Waals surface area contributed by atoms with Crippen molar-refractivity contribution in [1.29, 1.82) is 0 Å². The van der Waals surface area contributed by atoms with Gasteiger partial charge in [0, 0.05) is 18.9 Å². The van der Waals surface area contributed by atoms with Gasteiger partial charge in [0.15, 0.2) is 0 Å². The summed E-state index contributed by atoms with van der Waals surface area (Å²) in [5.41, 5.74) is 8.05. The first-order chi connectivity index (χ1) is 14.7. The van der Waals surface area contributed by atoms with Crippen LogP contribution >= 0.6 is 0 Å². The third-order valence-electron chi connectivity index (χ3n) is 6.31. The second kappa shape index (κ2) is 10.1. The molecule has 2 aromatic rings. The molecule has 0 spiro atoms. The molecule has 1 atom stereocenters. The van der Waals surface area contributed by atoms with Crippen LogP contribution in [0.5, 0.6) is 0 Å². The monoisotopic (exact) mass is 405 g/mol. The van der Waals surface area contributed by atoms with Crippen molar-refractivity contribution in [2.24, 2.45) is 0 Å². The first-order valence-corrected chi connectivity index (χ1v) is 11.8. The third-order valence-corrected chi connectivity index (χ3v) is 6.31. The Labute approximate surface area is 181 Å². The van der Waals surface area contributed by atoms with Crippen LogP contribution in [0.3, 0.4) is 0 Å². The highest BCUT2D eigenvalue weighted by atomic mass is 16.2. The van der Waals surface area contributed by atoms with E-state index in [4.69, 9.17) is 0 Å². The van der Waals surface area contributed by atoms with E-state index in [2.05, 4.69) is 36.4 Å². The lowest BCUT2D eigenvalue weighted by molar-refractivity contribution is -0.121. The first-order valence-electron chi connectivity index (χ1n) is 11.8. The summed E-state index contributed by atoms with van der Waals surface area (Å²) in [7, 11) is 0. The van der Waals surface area contributed by atoms with Crippen LogP contribution in [0.25, 0.3) is 0 Å². The van der Waals surface area contributed by atoms with Crippen molar-refractivity contribution in [2.75, 3.05) is 11.4 Å². The number of Topliss-reactive ketones (excluding diaryl/α,β-unsaturated/α-hetero) is 1. The van der Waals surface area contributed by atoms with Gasteiger partial charge < -0.3 is 4.90 Å². The van der Waals surface area contributed by atoms with E-state index in [9.17, 15) is 9.59 Å². The summed E-state index contributed by atoms with van der Waals surface area (Å²) in [6.07, 6.45) is 6.77. The van der Waals surface area contributed by atoms with Gasteiger partial charge >= 0.3 is 0 Å². The number of anilines is 1. The Hall–Kier alpha value is -2.42. The van der Waals surface area contributed by atoms with E-state index in [1.54, 1.807) is 0 Å². The average molecular weight is 406 g/mol. The molecule has 1 unspecified atom stereocenters. The minimum absolute atomic E-state index is 0.264. The highest BCUT2D eigenvalue weighted by Crippen LogP contribution is 2.40. The minimum atomic E-state index is 0.264. The highest BCUT2D eigenvalue weighted by Gasteiger charge is 2.33.